The Morgan fingerprint density at radius 3 is 2.24 bits per heavy atom. The average Bonchev–Trinajstić information content (AvgIpc) is 2.87. The van der Waals surface area contributed by atoms with E-state index < -0.39 is 0 Å². The normalized spacial score (nSPS) is 14.1. The first-order chi connectivity index (χ1) is 16.6. The van der Waals surface area contributed by atoms with Crippen LogP contribution in [-0.2, 0) is 17.0 Å². The molecule has 1 fully saturated rings. The summed E-state index contributed by atoms with van der Waals surface area (Å²) in [6, 6.07) is 24.0. The molecule has 1 saturated heterocycles. The van der Waals surface area contributed by atoms with E-state index in [1.165, 1.54) is 29.5 Å². The van der Waals surface area contributed by atoms with Gasteiger partial charge in [0.05, 0.1) is 5.75 Å². The minimum atomic E-state index is -0.332. The van der Waals surface area contributed by atoms with E-state index in [4.69, 9.17) is 0 Å². The van der Waals surface area contributed by atoms with E-state index in [-0.39, 0.29) is 17.6 Å². The lowest BCUT2D eigenvalue weighted by atomic mass is 9.90. The first-order valence-electron chi connectivity index (χ1n) is 11.6. The molecule has 0 saturated carbocycles. The van der Waals surface area contributed by atoms with Crippen molar-refractivity contribution in [3.8, 4) is 0 Å². The second-order valence-electron chi connectivity index (χ2n) is 8.67. The Labute approximate surface area is 204 Å². The fourth-order valence-corrected chi connectivity index (χ4v) is 4.99. The number of nitrogens with zero attached hydrogens (tertiary/aromatic N) is 1. The Bertz CT molecular complexity index is 1080. The van der Waals surface area contributed by atoms with Gasteiger partial charge in [0.1, 0.15) is 5.82 Å². The molecule has 0 spiro atoms. The van der Waals surface area contributed by atoms with Crippen molar-refractivity contribution in [2.24, 2.45) is 5.92 Å². The molecule has 176 valence electrons. The highest BCUT2D eigenvalue weighted by atomic mass is 32.2. The van der Waals surface area contributed by atoms with Gasteiger partial charge >= 0.3 is 0 Å². The molecular formula is C28H29FN2O2S. The van der Waals surface area contributed by atoms with Crippen LogP contribution >= 0.6 is 11.8 Å². The predicted octanol–water partition coefficient (Wildman–Crippen LogP) is 5.79. The second kappa shape index (κ2) is 11.8. The number of likely N-dealkylation sites (tertiary alicyclic amines) is 1. The summed E-state index contributed by atoms with van der Waals surface area (Å²) in [5.74, 6) is 1.25. The van der Waals surface area contributed by atoms with Gasteiger partial charge in [0.15, 0.2) is 0 Å². The molecule has 0 unspecified atom stereocenters. The summed E-state index contributed by atoms with van der Waals surface area (Å²) in [5.41, 5.74) is 3.73. The van der Waals surface area contributed by atoms with Crippen LogP contribution in [0, 0.1) is 11.7 Å². The molecule has 0 aliphatic carbocycles. The van der Waals surface area contributed by atoms with Crippen molar-refractivity contribution in [1.82, 2.24) is 4.90 Å². The molecule has 6 heteroatoms. The lowest BCUT2D eigenvalue weighted by Crippen LogP contribution is -2.38. The standard InChI is InChI=1S/C28H29FN2O2S/c29-25-10-12-26(13-11-25)30-27(32)20-34-19-23-6-8-24(9-7-23)28(33)31-16-14-22(15-17-31)18-21-4-2-1-3-5-21/h1-13,22H,14-20H2,(H,30,32). The van der Waals surface area contributed by atoms with Crippen molar-refractivity contribution in [1.29, 1.82) is 0 Å². The summed E-state index contributed by atoms with van der Waals surface area (Å²) in [7, 11) is 0. The number of rotatable bonds is 8. The number of benzene rings is 3. The number of piperidine rings is 1. The molecule has 0 atom stereocenters. The van der Waals surface area contributed by atoms with Crippen LogP contribution in [-0.4, -0.2) is 35.6 Å². The van der Waals surface area contributed by atoms with Crippen LogP contribution in [0.25, 0.3) is 0 Å². The Balaban J connectivity index is 1.19. The van der Waals surface area contributed by atoms with Crippen LogP contribution in [0.15, 0.2) is 78.9 Å². The zero-order valence-corrected chi connectivity index (χ0v) is 19.9. The van der Waals surface area contributed by atoms with Gasteiger partial charge in [-0.15, -0.1) is 11.8 Å². The van der Waals surface area contributed by atoms with Crippen LogP contribution in [0.3, 0.4) is 0 Å². The molecule has 2 amide bonds. The monoisotopic (exact) mass is 476 g/mol. The van der Waals surface area contributed by atoms with Crippen LogP contribution < -0.4 is 5.32 Å². The molecule has 4 nitrogen and oxygen atoms in total. The van der Waals surface area contributed by atoms with E-state index in [0.717, 1.165) is 37.9 Å². The van der Waals surface area contributed by atoms with Gasteiger partial charge < -0.3 is 10.2 Å². The van der Waals surface area contributed by atoms with Crippen LogP contribution in [0.1, 0.15) is 34.3 Å². The van der Waals surface area contributed by atoms with Gasteiger partial charge in [0.25, 0.3) is 5.91 Å². The first kappa shape index (κ1) is 24.0. The van der Waals surface area contributed by atoms with Gasteiger partial charge in [-0.3, -0.25) is 9.59 Å². The Morgan fingerprint density at radius 1 is 0.882 bits per heavy atom. The highest BCUT2D eigenvalue weighted by molar-refractivity contribution is 7.99. The fraction of sp³-hybridized carbons (Fsp3) is 0.286. The number of nitrogens with one attached hydrogen (secondary N) is 1. The molecule has 1 aliphatic heterocycles. The van der Waals surface area contributed by atoms with Gasteiger partial charge in [-0.1, -0.05) is 42.5 Å². The third-order valence-electron chi connectivity index (χ3n) is 6.10. The lowest BCUT2D eigenvalue weighted by Gasteiger charge is -2.32. The molecule has 3 aromatic carbocycles. The van der Waals surface area contributed by atoms with Gasteiger partial charge in [-0.25, -0.2) is 4.39 Å². The quantitative estimate of drug-likeness (QED) is 0.448. The van der Waals surface area contributed by atoms with Gasteiger partial charge in [-0.05, 0) is 72.7 Å². The van der Waals surface area contributed by atoms with E-state index >= 15 is 0 Å². The van der Waals surface area contributed by atoms with Crippen molar-refractivity contribution in [2.75, 3.05) is 24.2 Å². The molecule has 4 rings (SSSR count). The summed E-state index contributed by atoms with van der Waals surface area (Å²) in [6.45, 7) is 1.61. The SMILES string of the molecule is O=C(CSCc1ccc(C(=O)N2CCC(Cc3ccccc3)CC2)cc1)Nc1ccc(F)cc1. The summed E-state index contributed by atoms with van der Waals surface area (Å²) in [6.07, 6.45) is 3.15. The number of halogens is 1. The average molecular weight is 477 g/mol. The maximum atomic E-state index is 12.9. The highest BCUT2D eigenvalue weighted by Crippen LogP contribution is 2.23. The molecule has 1 aliphatic rings. The molecule has 0 aromatic heterocycles. The van der Waals surface area contributed by atoms with Crippen molar-refractivity contribution < 1.29 is 14.0 Å². The number of hydrogen-bond donors (Lipinski definition) is 1. The Morgan fingerprint density at radius 2 is 1.56 bits per heavy atom. The number of thioether (sulfide) groups is 1. The number of carbonyl (C=O) groups excluding carboxylic acids is 2. The highest BCUT2D eigenvalue weighted by Gasteiger charge is 2.23. The molecule has 3 aromatic rings. The van der Waals surface area contributed by atoms with Crippen molar-refractivity contribution in [2.45, 2.75) is 25.0 Å². The second-order valence-corrected chi connectivity index (χ2v) is 9.66. The summed E-state index contributed by atoms with van der Waals surface area (Å²) < 4.78 is 12.9. The minimum absolute atomic E-state index is 0.0936. The van der Waals surface area contributed by atoms with Crippen molar-refractivity contribution in [3.05, 3.63) is 101 Å². The Kier molecular flexibility index (Phi) is 8.36. The maximum absolute atomic E-state index is 12.9. The van der Waals surface area contributed by atoms with Crippen molar-refractivity contribution >= 4 is 29.3 Å². The Hall–Kier alpha value is -3.12. The maximum Gasteiger partial charge on any atom is 0.253 e. The van der Waals surface area contributed by atoms with Gasteiger partial charge in [0.2, 0.25) is 5.91 Å². The number of hydrogen-bond acceptors (Lipinski definition) is 3. The van der Waals surface area contributed by atoms with E-state index in [1.54, 1.807) is 12.1 Å². The van der Waals surface area contributed by atoms with Crippen molar-refractivity contribution in [3.63, 3.8) is 0 Å². The smallest absolute Gasteiger partial charge is 0.253 e. The largest absolute Gasteiger partial charge is 0.339 e. The topological polar surface area (TPSA) is 49.4 Å². The summed E-state index contributed by atoms with van der Waals surface area (Å²) >= 11 is 1.50. The third-order valence-corrected chi connectivity index (χ3v) is 7.10. The first-order valence-corrected chi connectivity index (χ1v) is 12.8. The minimum Gasteiger partial charge on any atom is -0.339 e. The molecule has 0 bridgehead atoms. The van der Waals surface area contributed by atoms with Gasteiger partial charge in [-0.2, -0.15) is 0 Å². The molecule has 1 N–H and O–H groups in total. The van der Waals surface area contributed by atoms with Crippen LogP contribution in [0.4, 0.5) is 10.1 Å². The van der Waals surface area contributed by atoms with Crippen LogP contribution in [0.5, 0.6) is 0 Å². The molecule has 34 heavy (non-hydrogen) atoms. The molecule has 1 heterocycles. The van der Waals surface area contributed by atoms with E-state index in [0.29, 0.717) is 28.7 Å². The van der Waals surface area contributed by atoms with E-state index in [9.17, 15) is 14.0 Å². The number of carbonyl (C=O) groups is 2. The van der Waals surface area contributed by atoms with E-state index in [1.807, 2.05) is 35.2 Å². The molecule has 0 radical (unpaired) electrons. The number of anilines is 1. The van der Waals surface area contributed by atoms with Crippen LogP contribution in [0.2, 0.25) is 0 Å². The third kappa shape index (κ3) is 6.94. The summed E-state index contributed by atoms with van der Waals surface area (Å²) in [4.78, 5) is 26.9. The zero-order chi connectivity index (χ0) is 23.8. The fourth-order valence-electron chi connectivity index (χ4n) is 4.21. The van der Waals surface area contributed by atoms with E-state index in [2.05, 4.69) is 29.6 Å². The number of amides is 2. The summed E-state index contributed by atoms with van der Waals surface area (Å²) in [5, 5.41) is 2.76. The lowest BCUT2D eigenvalue weighted by molar-refractivity contribution is -0.113. The van der Waals surface area contributed by atoms with Gasteiger partial charge in [0, 0.05) is 30.1 Å². The molecular weight excluding hydrogens is 447 g/mol. The zero-order valence-electron chi connectivity index (χ0n) is 19.1. The predicted molar refractivity (Wildman–Crippen MR) is 136 cm³/mol.